The minimum Gasteiger partial charge on any atom is -0.334 e. The first kappa shape index (κ1) is 13.3. The van der Waals surface area contributed by atoms with Gasteiger partial charge in [0.25, 0.3) is 0 Å². The van der Waals surface area contributed by atoms with Crippen LogP contribution in [0.3, 0.4) is 0 Å². The average molecular weight is 299 g/mol. The fraction of sp³-hybridized carbons (Fsp3) is 0.500. The molecule has 1 aliphatic carbocycles. The van der Waals surface area contributed by atoms with Crippen molar-refractivity contribution >= 4 is 34.2 Å². The van der Waals surface area contributed by atoms with Crippen molar-refractivity contribution in [2.75, 3.05) is 11.1 Å². The Balaban J connectivity index is 1.74. The topological polar surface area (TPSA) is 24.4 Å². The van der Waals surface area contributed by atoms with Crippen LogP contribution < -0.4 is 5.32 Å². The lowest BCUT2D eigenvalue weighted by atomic mass is 9.86. The van der Waals surface area contributed by atoms with Crippen LogP contribution in [0.5, 0.6) is 0 Å². The largest absolute Gasteiger partial charge is 0.334 e. The maximum Gasteiger partial charge on any atom is 0.161 e. The summed E-state index contributed by atoms with van der Waals surface area (Å²) in [5, 5.41) is 4.53. The van der Waals surface area contributed by atoms with E-state index in [2.05, 4.69) is 5.32 Å². The van der Waals surface area contributed by atoms with Gasteiger partial charge in [-0.1, -0.05) is 36.2 Å². The molecule has 0 amide bonds. The SMILES string of the molecule is Fc1ccc(NC2=NC3CCCCC3CS2)c(Cl)c1. The highest BCUT2D eigenvalue weighted by Gasteiger charge is 2.29. The number of aliphatic imine (C=N–C) groups is 1. The highest BCUT2D eigenvalue weighted by atomic mass is 35.5. The molecule has 2 atom stereocenters. The van der Waals surface area contributed by atoms with Crippen molar-refractivity contribution < 1.29 is 4.39 Å². The van der Waals surface area contributed by atoms with Gasteiger partial charge in [-0.25, -0.2) is 4.39 Å². The van der Waals surface area contributed by atoms with Crippen LogP contribution in [0.25, 0.3) is 0 Å². The second-order valence-corrected chi connectivity index (χ2v) is 6.52. The van der Waals surface area contributed by atoms with Crippen molar-refractivity contribution in [3.8, 4) is 0 Å². The van der Waals surface area contributed by atoms with Crippen LogP contribution in [0.15, 0.2) is 23.2 Å². The highest BCUT2D eigenvalue weighted by molar-refractivity contribution is 8.14. The molecule has 1 aromatic carbocycles. The van der Waals surface area contributed by atoms with Gasteiger partial charge in [0.15, 0.2) is 5.17 Å². The smallest absolute Gasteiger partial charge is 0.161 e. The molecule has 0 bridgehead atoms. The van der Waals surface area contributed by atoms with Crippen LogP contribution in [-0.4, -0.2) is 17.0 Å². The molecule has 1 aromatic rings. The Morgan fingerprint density at radius 3 is 3.00 bits per heavy atom. The Hall–Kier alpha value is -0.740. The van der Waals surface area contributed by atoms with E-state index in [1.54, 1.807) is 17.8 Å². The summed E-state index contributed by atoms with van der Waals surface area (Å²) in [6.45, 7) is 0. The molecule has 0 aromatic heterocycles. The Labute approximate surface area is 121 Å². The number of amidine groups is 1. The molecule has 102 valence electrons. The van der Waals surface area contributed by atoms with Crippen molar-refractivity contribution in [1.82, 2.24) is 0 Å². The van der Waals surface area contributed by atoms with Gasteiger partial charge in [0.1, 0.15) is 5.82 Å². The summed E-state index contributed by atoms with van der Waals surface area (Å²) in [7, 11) is 0. The van der Waals surface area contributed by atoms with Crippen LogP contribution in [0.4, 0.5) is 10.1 Å². The Morgan fingerprint density at radius 1 is 1.32 bits per heavy atom. The lowest BCUT2D eigenvalue weighted by Crippen LogP contribution is -2.31. The lowest BCUT2D eigenvalue weighted by molar-refractivity contribution is 0.336. The predicted octanol–water partition coefficient (Wildman–Crippen LogP) is 4.55. The Morgan fingerprint density at radius 2 is 2.16 bits per heavy atom. The lowest BCUT2D eigenvalue weighted by Gasteiger charge is -2.32. The Bertz CT molecular complexity index is 506. The number of hydrogen-bond acceptors (Lipinski definition) is 3. The number of benzene rings is 1. The van der Waals surface area contributed by atoms with E-state index < -0.39 is 0 Å². The molecule has 5 heteroatoms. The van der Waals surface area contributed by atoms with Gasteiger partial charge in [-0.05, 0) is 37.0 Å². The standard InChI is InChI=1S/C14H16ClFN2S/c15-11-7-10(16)5-6-13(11)18-14-17-12-4-2-1-3-9(12)8-19-14/h5-7,9,12H,1-4,8H2,(H,17,18). The zero-order chi connectivity index (χ0) is 13.2. The van der Waals surface area contributed by atoms with E-state index in [9.17, 15) is 4.39 Å². The van der Waals surface area contributed by atoms with E-state index >= 15 is 0 Å². The average Bonchev–Trinajstić information content (AvgIpc) is 2.42. The van der Waals surface area contributed by atoms with E-state index in [1.807, 2.05) is 0 Å². The van der Waals surface area contributed by atoms with Crippen LogP contribution >= 0.6 is 23.4 Å². The van der Waals surface area contributed by atoms with Crippen LogP contribution in [0.2, 0.25) is 5.02 Å². The fourth-order valence-corrected chi connectivity index (χ4v) is 4.07. The summed E-state index contributed by atoms with van der Waals surface area (Å²) in [6.07, 6.45) is 5.10. The second-order valence-electron chi connectivity index (χ2n) is 5.11. The van der Waals surface area contributed by atoms with Gasteiger partial charge in [0, 0.05) is 5.75 Å². The van der Waals surface area contributed by atoms with Gasteiger partial charge in [-0.3, -0.25) is 4.99 Å². The first-order chi connectivity index (χ1) is 9.22. The van der Waals surface area contributed by atoms with Crippen LogP contribution in [-0.2, 0) is 0 Å². The zero-order valence-corrected chi connectivity index (χ0v) is 12.1. The molecule has 3 rings (SSSR count). The number of nitrogens with one attached hydrogen (secondary N) is 1. The molecule has 1 fully saturated rings. The number of anilines is 1. The van der Waals surface area contributed by atoms with E-state index in [1.165, 1.54) is 37.8 Å². The number of nitrogens with zero attached hydrogens (tertiary/aromatic N) is 1. The number of hydrogen-bond donors (Lipinski definition) is 1. The van der Waals surface area contributed by atoms with Gasteiger partial charge in [0.05, 0.1) is 16.8 Å². The first-order valence-corrected chi connectivity index (χ1v) is 8.01. The molecule has 2 nitrogen and oxygen atoms in total. The van der Waals surface area contributed by atoms with Crippen molar-refractivity contribution in [3.63, 3.8) is 0 Å². The van der Waals surface area contributed by atoms with E-state index in [-0.39, 0.29) is 5.82 Å². The molecule has 0 radical (unpaired) electrons. The van der Waals surface area contributed by atoms with Crippen molar-refractivity contribution in [2.45, 2.75) is 31.7 Å². The molecule has 1 heterocycles. The van der Waals surface area contributed by atoms with Gasteiger partial charge in [-0.15, -0.1) is 0 Å². The summed E-state index contributed by atoms with van der Waals surface area (Å²) in [5.41, 5.74) is 0.726. The van der Waals surface area contributed by atoms with E-state index in [0.717, 1.165) is 22.5 Å². The third kappa shape index (κ3) is 3.06. The predicted molar refractivity (Wildman–Crippen MR) is 80.7 cm³/mol. The summed E-state index contributed by atoms with van der Waals surface area (Å²) >= 11 is 7.76. The molecular weight excluding hydrogens is 283 g/mol. The van der Waals surface area contributed by atoms with Crippen molar-refractivity contribution in [1.29, 1.82) is 0 Å². The second kappa shape index (κ2) is 5.71. The summed E-state index contributed by atoms with van der Waals surface area (Å²) in [4.78, 5) is 4.78. The van der Waals surface area contributed by atoms with E-state index in [0.29, 0.717) is 11.1 Å². The molecular formula is C14H16ClFN2S. The van der Waals surface area contributed by atoms with Gasteiger partial charge in [-0.2, -0.15) is 0 Å². The maximum absolute atomic E-state index is 13.0. The normalized spacial score (nSPS) is 26.5. The van der Waals surface area contributed by atoms with Crippen molar-refractivity contribution in [3.05, 3.63) is 29.0 Å². The number of fused-ring (bicyclic) bond motifs is 1. The van der Waals surface area contributed by atoms with Gasteiger partial charge in [0.2, 0.25) is 0 Å². The van der Waals surface area contributed by atoms with Crippen molar-refractivity contribution in [2.24, 2.45) is 10.9 Å². The first-order valence-electron chi connectivity index (χ1n) is 6.65. The van der Waals surface area contributed by atoms with Gasteiger partial charge < -0.3 is 5.32 Å². The maximum atomic E-state index is 13.0. The number of thioether (sulfide) groups is 1. The van der Waals surface area contributed by atoms with E-state index in [4.69, 9.17) is 16.6 Å². The third-order valence-electron chi connectivity index (χ3n) is 3.76. The molecule has 2 unspecified atom stereocenters. The molecule has 19 heavy (non-hydrogen) atoms. The minimum absolute atomic E-state index is 0.318. The van der Waals surface area contributed by atoms with Crippen LogP contribution in [0, 0.1) is 11.7 Å². The molecule has 0 spiro atoms. The number of halogens is 2. The highest BCUT2D eigenvalue weighted by Crippen LogP contribution is 2.35. The summed E-state index contributed by atoms with van der Waals surface area (Å²) in [6, 6.07) is 4.84. The van der Waals surface area contributed by atoms with Gasteiger partial charge >= 0.3 is 0 Å². The monoisotopic (exact) mass is 298 g/mol. The quantitative estimate of drug-likeness (QED) is 0.822. The molecule has 0 saturated heterocycles. The summed E-state index contributed by atoms with van der Waals surface area (Å²) in [5.74, 6) is 1.53. The Kier molecular flexibility index (Phi) is 3.99. The van der Waals surface area contributed by atoms with Crippen LogP contribution in [0.1, 0.15) is 25.7 Å². The fourth-order valence-electron chi connectivity index (χ4n) is 2.70. The summed E-state index contributed by atoms with van der Waals surface area (Å²) < 4.78 is 13.0. The molecule has 1 saturated carbocycles. The zero-order valence-electron chi connectivity index (χ0n) is 10.5. The molecule has 1 aliphatic heterocycles. The minimum atomic E-state index is -0.318. The molecule has 1 N–H and O–H groups in total. The number of rotatable bonds is 1. The molecule has 2 aliphatic rings. The third-order valence-corrected chi connectivity index (χ3v) is 5.15.